The quantitative estimate of drug-likeness (QED) is 0.937. The van der Waals surface area contributed by atoms with E-state index in [2.05, 4.69) is 22.2 Å². The first kappa shape index (κ1) is 16.8. The lowest BCUT2D eigenvalue weighted by Crippen LogP contribution is -2.42. The number of piperidine rings is 1. The van der Waals surface area contributed by atoms with Gasteiger partial charge in [-0.1, -0.05) is 18.6 Å². The fourth-order valence-corrected chi connectivity index (χ4v) is 2.86. The van der Waals surface area contributed by atoms with Gasteiger partial charge in [-0.3, -0.25) is 0 Å². The van der Waals surface area contributed by atoms with Crippen LogP contribution in [0.5, 0.6) is 5.88 Å². The van der Waals surface area contributed by atoms with Crippen LogP contribution in [0.1, 0.15) is 19.3 Å². The van der Waals surface area contributed by atoms with E-state index < -0.39 is 0 Å². The Morgan fingerprint density at radius 2 is 1.95 bits per heavy atom. The zero-order chi connectivity index (χ0) is 14.7. The Kier molecular flexibility index (Phi) is 5.80. The molecule has 0 saturated carbocycles. The van der Waals surface area contributed by atoms with Gasteiger partial charge in [0, 0.05) is 19.6 Å². The number of rotatable bonds is 4. The second-order valence-electron chi connectivity index (χ2n) is 5.57. The maximum atomic E-state index is 5.43. The third-order valence-corrected chi connectivity index (χ3v) is 3.98. The number of fused-ring (bicyclic) bond motifs is 1. The number of ether oxygens (including phenoxy) is 1. The van der Waals surface area contributed by atoms with Crippen molar-refractivity contribution in [2.75, 3.05) is 32.1 Å². The van der Waals surface area contributed by atoms with Gasteiger partial charge in [-0.15, -0.1) is 12.4 Å². The molecule has 0 amide bonds. The van der Waals surface area contributed by atoms with Crippen LogP contribution in [-0.2, 0) is 0 Å². The Bertz CT molecular complexity index is 616. The average Bonchev–Trinajstić information content (AvgIpc) is 2.54. The molecule has 0 radical (unpaired) electrons. The molecule has 1 aromatic carbocycles. The Hall–Kier alpha value is -1.59. The summed E-state index contributed by atoms with van der Waals surface area (Å²) in [6, 6.07) is 8.40. The third-order valence-electron chi connectivity index (χ3n) is 3.98. The predicted octanol–water partition coefficient (Wildman–Crippen LogP) is 2.64. The number of benzene rings is 1. The fraction of sp³-hybridized carbons (Fsp3) is 0.500. The number of anilines is 1. The molecule has 2 aromatic rings. The lowest BCUT2D eigenvalue weighted by molar-refractivity contribution is 0.388. The van der Waals surface area contributed by atoms with Gasteiger partial charge in [0.25, 0.3) is 5.88 Å². The second-order valence-corrected chi connectivity index (χ2v) is 5.57. The minimum Gasteiger partial charge on any atom is -0.478 e. The van der Waals surface area contributed by atoms with E-state index in [-0.39, 0.29) is 12.4 Å². The first-order valence-electron chi connectivity index (χ1n) is 7.53. The van der Waals surface area contributed by atoms with E-state index in [1.807, 2.05) is 24.3 Å². The van der Waals surface area contributed by atoms with E-state index in [4.69, 9.17) is 9.72 Å². The van der Waals surface area contributed by atoms with Crippen LogP contribution in [0.2, 0.25) is 0 Å². The van der Waals surface area contributed by atoms with Gasteiger partial charge in [-0.05, 0) is 31.5 Å². The van der Waals surface area contributed by atoms with Crippen molar-refractivity contribution in [2.45, 2.75) is 25.3 Å². The number of para-hydroxylation sites is 2. The SMILES string of the molecule is COc1nc2ccccc2nc1N(C)CC1CCCCN1.Cl. The van der Waals surface area contributed by atoms with Crippen LogP contribution in [0.4, 0.5) is 5.82 Å². The zero-order valence-corrected chi connectivity index (χ0v) is 13.9. The zero-order valence-electron chi connectivity index (χ0n) is 13.1. The van der Waals surface area contributed by atoms with Gasteiger partial charge in [-0.25, -0.2) is 9.97 Å². The predicted molar refractivity (Wildman–Crippen MR) is 92.2 cm³/mol. The molecule has 1 fully saturated rings. The number of nitrogens with one attached hydrogen (secondary N) is 1. The van der Waals surface area contributed by atoms with Crippen molar-refractivity contribution in [1.29, 1.82) is 0 Å². The maximum Gasteiger partial charge on any atom is 0.257 e. The smallest absolute Gasteiger partial charge is 0.257 e. The summed E-state index contributed by atoms with van der Waals surface area (Å²) >= 11 is 0. The van der Waals surface area contributed by atoms with Crippen LogP contribution in [-0.4, -0.2) is 43.3 Å². The molecular weight excluding hydrogens is 300 g/mol. The fourth-order valence-electron chi connectivity index (χ4n) is 2.86. The molecule has 120 valence electrons. The third kappa shape index (κ3) is 3.59. The monoisotopic (exact) mass is 322 g/mol. The normalized spacial score (nSPS) is 17.8. The van der Waals surface area contributed by atoms with Gasteiger partial charge in [-0.2, -0.15) is 0 Å². The van der Waals surface area contributed by atoms with Gasteiger partial charge in [0.2, 0.25) is 0 Å². The van der Waals surface area contributed by atoms with Crippen LogP contribution in [0, 0.1) is 0 Å². The van der Waals surface area contributed by atoms with Gasteiger partial charge < -0.3 is 15.0 Å². The van der Waals surface area contributed by atoms with Crippen molar-refractivity contribution < 1.29 is 4.74 Å². The highest BCUT2D eigenvalue weighted by Gasteiger charge is 2.19. The van der Waals surface area contributed by atoms with Gasteiger partial charge in [0.15, 0.2) is 5.82 Å². The van der Waals surface area contributed by atoms with E-state index in [9.17, 15) is 0 Å². The number of hydrogen-bond donors (Lipinski definition) is 1. The topological polar surface area (TPSA) is 50.3 Å². The van der Waals surface area contributed by atoms with Gasteiger partial charge in [0.1, 0.15) is 0 Å². The summed E-state index contributed by atoms with van der Waals surface area (Å²) in [7, 11) is 3.70. The summed E-state index contributed by atoms with van der Waals surface area (Å²) in [4.78, 5) is 11.4. The molecule has 0 spiro atoms. The molecular formula is C16H23ClN4O. The minimum atomic E-state index is 0. The number of halogens is 1. The molecule has 1 aromatic heterocycles. The molecule has 0 aliphatic carbocycles. The lowest BCUT2D eigenvalue weighted by Gasteiger charge is -2.29. The van der Waals surface area contributed by atoms with Crippen molar-refractivity contribution in [1.82, 2.24) is 15.3 Å². The van der Waals surface area contributed by atoms with Crippen LogP contribution < -0.4 is 15.0 Å². The van der Waals surface area contributed by atoms with Crippen molar-refractivity contribution in [3.05, 3.63) is 24.3 Å². The molecule has 1 atom stereocenters. The minimum absolute atomic E-state index is 0. The molecule has 6 heteroatoms. The molecule has 1 unspecified atom stereocenters. The Labute approximate surface area is 137 Å². The summed E-state index contributed by atoms with van der Waals surface area (Å²) in [6.07, 6.45) is 3.79. The lowest BCUT2D eigenvalue weighted by atomic mass is 10.0. The summed E-state index contributed by atoms with van der Waals surface area (Å²) in [5.41, 5.74) is 1.76. The highest BCUT2D eigenvalue weighted by atomic mass is 35.5. The van der Waals surface area contributed by atoms with Crippen LogP contribution in [0.15, 0.2) is 24.3 Å². The Balaban J connectivity index is 0.00000176. The molecule has 22 heavy (non-hydrogen) atoms. The molecule has 0 bridgehead atoms. The Morgan fingerprint density at radius 3 is 2.59 bits per heavy atom. The number of aromatic nitrogens is 2. The highest BCUT2D eigenvalue weighted by Crippen LogP contribution is 2.26. The summed E-state index contributed by atoms with van der Waals surface area (Å²) in [5.74, 6) is 1.40. The molecule has 2 heterocycles. The van der Waals surface area contributed by atoms with E-state index in [0.29, 0.717) is 11.9 Å². The van der Waals surface area contributed by atoms with Crippen LogP contribution in [0.3, 0.4) is 0 Å². The largest absolute Gasteiger partial charge is 0.478 e. The van der Waals surface area contributed by atoms with E-state index in [1.54, 1.807) is 7.11 Å². The number of nitrogens with zero attached hydrogens (tertiary/aromatic N) is 3. The molecule has 1 aliphatic heterocycles. The van der Waals surface area contributed by atoms with Gasteiger partial charge >= 0.3 is 0 Å². The second kappa shape index (κ2) is 7.61. The summed E-state index contributed by atoms with van der Waals surface area (Å²) in [6.45, 7) is 2.03. The first-order chi connectivity index (χ1) is 10.3. The van der Waals surface area contributed by atoms with E-state index in [0.717, 1.165) is 29.9 Å². The molecule has 1 N–H and O–H groups in total. The molecule has 1 saturated heterocycles. The molecule has 5 nitrogen and oxygen atoms in total. The van der Waals surface area contributed by atoms with Crippen LogP contribution in [0.25, 0.3) is 11.0 Å². The summed E-state index contributed by atoms with van der Waals surface area (Å²) in [5, 5.41) is 3.56. The van der Waals surface area contributed by atoms with Crippen LogP contribution >= 0.6 is 12.4 Å². The van der Waals surface area contributed by atoms with Crippen molar-refractivity contribution in [3.8, 4) is 5.88 Å². The summed E-state index contributed by atoms with van der Waals surface area (Å²) < 4.78 is 5.43. The van der Waals surface area contributed by atoms with E-state index in [1.165, 1.54) is 19.3 Å². The first-order valence-corrected chi connectivity index (χ1v) is 7.53. The number of likely N-dealkylation sites (N-methyl/N-ethyl adjacent to an activating group) is 1. The van der Waals surface area contributed by atoms with Gasteiger partial charge in [0.05, 0.1) is 18.1 Å². The number of methoxy groups -OCH3 is 1. The maximum absolute atomic E-state index is 5.43. The highest BCUT2D eigenvalue weighted by molar-refractivity contribution is 5.85. The van der Waals surface area contributed by atoms with E-state index >= 15 is 0 Å². The Morgan fingerprint density at radius 1 is 1.23 bits per heavy atom. The van der Waals surface area contributed by atoms with Crippen molar-refractivity contribution in [2.24, 2.45) is 0 Å². The van der Waals surface area contributed by atoms with Crippen molar-refractivity contribution in [3.63, 3.8) is 0 Å². The number of hydrogen-bond acceptors (Lipinski definition) is 5. The average molecular weight is 323 g/mol. The van der Waals surface area contributed by atoms with Crippen molar-refractivity contribution >= 4 is 29.3 Å². The molecule has 1 aliphatic rings. The standard InChI is InChI=1S/C16H22N4O.ClH/c1-20(11-12-7-5-6-10-17-12)15-16(21-2)19-14-9-4-3-8-13(14)18-15;/h3-4,8-9,12,17H,5-7,10-11H2,1-2H3;1H. The molecule has 3 rings (SSSR count).